The Balaban J connectivity index is 2.03. The molecule has 17 heavy (non-hydrogen) atoms. The van der Waals surface area contributed by atoms with Gasteiger partial charge in [-0.15, -0.1) is 0 Å². The van der Waals surface area contributed by atoms with E-state index in [1.807, 2.05) is 0 Å². The molecule has 0 unspecified atom stereocenters. The van der Waals surface area contributed by atoms with Gasteiger partial charge in [0.25, 0.3) is 0 Å². The quantitative estimate of drug-likeness (QED) is 0.865. The van der Waals surface area contributed by atoms with Gasteiger partial charge in [-0.1, -0.05) is 18.2 Å². The van der Waals surface area contributed by atoms with E-state index in [1.165, 1.54) is 11.3 Å². The Morgan fingerprint density at radius 3 is 2.65 bits per heavy atom. The lowest BCUT2D eigenvalue weighted by atomic mass is 10.1. The van der Waals surface area contributed by atoms with Crippen molar-refractivity contribution in [2.75, 3.05) is 32.6 Å². The first kappa shape index (κ1) is 12.4. The van der Waals surface area contributed by atoms with Crippen LogP contribution in [0.2, 0.25) is 0 Å². The van der Waals surface area contributed by atoms with Crippen LogP contribution in [0.1, 0.15) is 18.4 Å². The van der Waals surface area contributed by atoms with Crippen molar-refractivity contribution in [3.63, 3.8) is 0 Å². The van der Waals surface area contributed by atoms with Gasteiger partial charge in [0.05, 0.1) is 0 Å². The number of nitrogens with one attached hydrogen (secondary N) is 1. The van der Waals surface area contributed by atoms with Gasteiger partial charge in [-0.25, -0.2) is 0 Å². The van der Waals surface area contributed by atoms with E-state index in [4.69, 9.17) is 4.74 Å². The van der Waals surface area contributed by atoms with E-state index in [0.717, 1.165) is 32.6 Å². The SMILES string of the molecule is CN(C)Cc1ccccc1NC1CCOCC1. The minimum absolute atomic E-state index is 0.562. The first-order valence-electron chi connectivity index (χ1n) is 6.32. The third-order valence-corrected chi connectivity index (χ3v) is 3.08. The standard InChI is InChI=1S/C14H22N2O/c1-16(2)11-12-5-3-4-6-14(12)15-13-7-9-17-10-8-13/h3-6,13,15H,7-11H2,1-2H3. The van der Waals surface area contributed by atoms with Crippen molar-refractivity contribution >= 4 is 5.69 Å². The molecule has 0 atom stereocenters. The van der Waals surface area contributed by atoms with Gasteiger partial charge in [0.2, 0.25) is 0 Å². The summed E-state index contributed by atoms with van der Waals surface area (Å²) in [4.78, 5) is 2.20. The van der Waals surface area contributed by atoms with Crippen molar-refractivity contribution in [3.05, 3.63) is 29.8 Å². The van der Waals surface area contributed by atoms with Gasteiger partial charge < -0.3 is 15.0 Å². The second-order valence-electron chi connectivity index (χ2n) is 4.93. The predicted molar refractivity (Wildman–Crippen MR) is 71.3 cm³/mol. The highest BCUT2D eigenvalue weighted by molar-refractivity contribution is 5.51. The molecule has 3 nitrogen and oxygen atoms in total. The van der Waals surface area contributed by atoms with Crippen LogP contribution in [0.25, 0.3) is 0 Å². The summed E-state index contributed by atoms with van der Waals surface area (Å²) in [6.07, 6.45) is 2.21. The van der Waals surface area contributed by atoms with Crippen molar-refractivity contribution in [3.8, 4) is 0 Å². The maximum atomic E-state index is 5.38. The van der Waals surface area contributed by atoms with Gasteiger partial charge in [0.15, 0.2) is 0 Å². The maximum Gasteiger partial charge on any atom is 0.0485 e. The van der Waals surface area contributed by atoms with Crippen LogP contribution in [0, 0.1) is 0 Å². The predicted octanol–water partition coefficient (Wildman–Crippen LogP) is 2.34. The molecule has 0 amide bonds. The fourth-order valence-corrected chi connectivity index (χ4v) is 2.20. The zero-order valence-corrected chi connectivity index (χ0v) is 10.8. The molecule has 94 valence electrons. The Morgan fingerprint density at radius 2 is 1.94 bits per heavy atom. The van der Waals surface area contributed by atoms with Crippen molar-refractivity contribution < 1.29 is 4.74 Å². The van der Waals surface area contributed by atoms with Crippen LogP contribution in [0.5, 0.6) is 0 Å². The molecular weight excluding hydrogens is 212 g/mol. The van der Waals surface area contributed by atoms with Crippen molar-refractivity contribution in [2.24, 2.45) is 0 Å². The molecule has 1 heterocycles. The lowest BCUT2D eigenvalue weighted by molar-refractivity contribution is 0.0904. The van der Waals surface area contributed by atoms with Crippen LogP contribution in [-0.4, -0.2) is 38.3 Å². The topological polar surface area (TPSA) is 24.5 Å². The van der Waals surface area contributed by atoms with Gasteiger partial charge >= 0.3 is 0 Å². The highest BCUT2D eigenvalue weighted by atomic mass is 16.5. The smallest absolute Gasteiger partial charge is 0.0485 e. The molecule has 1 fully saturated rings. The molecule has 1 aromatic rings. The molecule has 1 N–H and O–H groups in total. The van der Waals surface area contributed by atoms with Crippen LogP contribution >= 0.6 is 0 Å². The van der Waals surface area contributed by atoms with E-state index in [0.29, 0.717) is 6.04 Å². The molecule has 0 radical (unpaired) electrons. The third kappa shape index (κ3) is 3.72. The minimum atomic E-state index is 0.562. The fraction of sp³-hybridized carbons (Fsp3) is 0.571. The average Bonchev–Trinajstić information content (AvgIpc) is 2.32. The van der Waals surface area contributed by atoms with E-state index in [9.17, 15) is 0 Å². The number of nitrogens with zero attached hydrogens (tertiary/aromatic N) is 1. The Morgan fingerprint density at radius 1 is 1.24 bits per heavy atom. The molecule has 0 spiro atoms. The average molecular weight is 234 g/mol. The van der Waals surface area contributed by atoms with E-state index in [2.05, 4.69) is 48.6 Å². The number of anilines is 1. The van der Waals surface area contributed by atoms with Crippen LogP contribution < -0.4 is 5.32 Å². The summed E-state index contributed by atoms with van der Waals surface area (Å²) in [7, 11) is 4.20. The van der Waals surface area contributed by atoms with Crippen LogP contribution in [0.4, 0.5) is 5.69 Å². The summed E-state index contributed by atoms with van der Waals surface area (Å²) in [5, 5.41) is 3.65. The highest BCUT2D eigenvalue weighted by Crippen LogP contribution is 2.20. The molecule has 3 heteroatoms. The van der Waals surface area contributed by atoms with Gasteiger partial charge in [-0.3, -0.25) is 0 Å². The van der Waals surface area contributed by atoms with Crippen LogP contribution in [0.15, 0.2) is 24.3 Å². The van der Waals surface area contributed by atoms with Crippen LogP contribution in [0.3, 0.4) is 0 Å². The van der Waals surface area contributed by atoms with Gasteiger partial charge in [0.1, 0.15) is 0 Å². The first-order valence-corrected chi connectivity index (χ1v) is 6.32. The number of para-hydroxylation sites is 1. The monoisotopic (exact) mass is 234 g/mol. The van der Waals surface area contributed by atoms with Crippen molar-refractivity contribution in [1.82, 2.24) is 4.90 Å². The summed E-state index contributed by atoms with van der Waals surface area (Å²) in [6, 6.07) is 9.14. The van der Waals surface area contributed by atoms with Gasteiger partial charge in [-0.2, -0.15) is 0 Å². The van der Waals surface area contributed by atoms with Crippen molar-refractivity contribution in [2.45, 2.75) is 25.4 Å². The van der Waals surface area contributed by atoms with Crippen LogP contribution in [-0.2, 0) is 11.3 Å². The second-order valence-corrected chi connectivity index (χ2v) is 4.93. The molecule has 1 aromatic carbocycles. The Kier molecular flexibility index (Phi) is 4.40. The molecule has 1 aliphatic rings. The number of rotatable bonds is 4. The number of benzene rings is 1. The van der Waals surface area contributed by atoms with Gasteiger partial charge in [0, 0.05) is 31.5 Å². The highest BCUT2D eigenvalue weighted by Gasteiger charge is 2.14. The summed E-state index contributed by atoms with van der Waals surface area (Å²) in [6.45, 7) is 2.74. The first-order chi connectivity index (χ1) is 8.25. The molecule has 2 rings (SSSR count). The zero-order valence-electron chi connectivity index (χ0n) is 10.8. The molecular formula is C14H22N2O. The fourth-order valence-electron chi connectivity index (χ4n) is 2.20. The molecule has 0 saturated carbocycles. The van der Waals surface area contributed by atoms with E-state index >= 15 is 0 Å². The van der Waals surface area contributed by atoms with E-state index in [1.54, 1.807) is 0 Å². The third-order valence-electron chi connectivity index (χ3n) is 3.08. The Bertz CT molecular complexity index is 346. The Labute approximate surface area is 104 Å². The molecule has 1 aliphatic heterocycles. The molecule has 1 saturated heterocycles. The lowest BCUT2D eigenvalue weighted by Gasteiger charge is -2.26. The zero-order chi connectivity index (χ0) is 12.1. The largest absolute Gasteiger partial charge is 0.382 e. The summed E-state index contributed by atoms with van der Waals surface area (Å²) in [5.74, 6) is 0. The van der Waals surface area contributed by atoms with Gasteiger partial charge in [-0.05, 0) is 38.6 Å². The minimum Gasteiger partial charge on any atom is -0.382 e. The normalized spacial score (nSPS) is 17.4. The summed E-state index contributed by atoms with van der Waals surface area (Å²) < 4.78 is 5.38. The number of hydrogen-bond donors (Lipinski definition) is 1. The van der Waals surface area contributed by atoms with Crippen molar-refractivity contribution in [1.29, 1.82) is 0 Å². The molecule has 0 bridgehead atoms. The second kappa shape index (κ2) is 6.03. The molecule has 0 aliphatic carbocycles. The molecule has 0 aromatic heterocycles. The van der Waals surface area contributed by atoms with E-state index < -0.39 is 0 Å². The summed E-state index contributed by atoms with van der Waals surface area (Å²) >= 11 is 0. The number of hydrogen-bond acceptors (Lipinski definition) is 3. The van der Waals surface area contributed by atoms with E-state index in [-0.39, 0.29) is 0 Å². The Hall–Kier alpha value is -1.06. The summed E-state index contributed by atoms with van der Waals surface area (Å²) in [5.41, 5.74) is 2.64. The number of ether oxygens (including phenoxy) is 1. The lowest BCUT2D eigenvalue weighted by Crippen LogP contribution is -2.28. The maximum absolute atomic E-state index is 5.38.